The van der Waals surface area contributed by atoms with Gasteiger partial charge in [0, 0.05) is 54.3 Å². The minimum Gasteiger partial charge on any atom is -0.512 e. The van der Waals surface area contributed by atoms with E-state index in [0.29, 0.717) is 0 Å². The van der Waals surface area contributed by atoms with E-state index in [1.165, 1.54) is 55.1 Å². The molecule has 5 heteroatoms. The molecule has 0 saturated carbocycles. The quantitative estimate of drug-likeness (QED) is 0.0779. The van der Waals surface area contributed by atoms with Crippen molar-refractivity contribution in [1.29, 1.82) is 0 Å². The zero-order chi connectivity index (χ0) is 33.3. The number of hydrogen-bond acceptors (Lipinski definition) is 4. The molecule has 0 atom stereocenters. The number of nitrogens with zero attached hydrogens (tertiary/aromatic N) is 2. The third kappa shape index (κ3) is 5.90. The van der Waals surface area contributed by atoms with Gasteiger partial charge in [-0.15, -0.1) is 12.1 Å². The van der Waals surface area contributed by atoms with Crippen LogP contribution in [0.5, 0.6) is 0 Å². The number of pyridine rings is 2. The molecular weight excluding hydrogens is 757 g/mol. The van der Waals surface area contributed by atoms with E-state index in [9.17, 15) is 9.90 Å². The summed E-state index contributed by atoms with van der Waals surface area (Å²) in [6, 6.07) is 25.7. The molecule has 0 bridgehead atoms. The summed E-state index contributed by atoms with van der Waals surface area (Å²) in [5, 5.41) is 18.2. The van der Waals surface area contributed by atoms with Crippen molar-refractivity contribution < 1.29 is 30.0 Å². The van der Waals surface area contributed by atoms with Gasteiger partial charge < -0.3 is 10.1 Å². The minimum absolute atomic E-state index is 0. The molecule has 0 saturated heterocycles. The van der Waals surface area contributed by atoms with Crippen LogP contribution >= 0.6 is 0 Å². The molecule has 0 unspecified atom stereocenters. The Morgan fingerprint density at radius 2 is 1.55 bits per heavy atom. The minimum atomic E-state index is -0.417. The van der Waals surface area contributed by atoms with Crippen LogP contribution < -0.4 is 0 Å². The summed E-state index contributed by atoms with van der Waals surface area (Å²) < 4.78 is 0. The molecule has 1 aliphatic rings. The van der Waals surface area contributed by atoms with Crippen molar-refractivity contribution in [3.05, 3.63) is 107 Å². The van der Waals surface area contributed by atoms with Gasteiger partial charge in [-0.3, -0.25) is 9.78 Å². The molecule has 0 fully saturated rings. The fourth-order valence-electron chi connectivity index (χ4n) is 6.26. The van der Waals surface area contributed by atoms with E-state index in [1.54, 1.807) is 0 Å². The van der Waals surface area contributed by atoms with Crippen LogP contribution in [-0.4, -0.2) is 20.9 Å². The Morgan fingerprint density at radius 1 is 0.851 bits per heavy atom. The van der Waals surface area contributed by atoms with Gasteiger partial charge in [0.05, 0.1) is 0 Å². The Morgan fingerprint density at radius 3 is 2.23 bits per heavy atom. The van der Waals surface area contributed by atoms with Crippen LogP contribution in [0, 0.1) is 30.7 Å². The summed E-state index contributed by atoms with van der Waals surface area (Å²) >= 11 is 0. The number of aryl methyl sites for hydroxylation is 2. The molecule has 7 rings (SSSR count). The number of aliphatic hydroxyl groups excluding tert-OH is 1. The first-order valence-electron chi connectivity index (χ1n) is 16.0. The molecule has 243 valence electrons. The Balaban J connectivity index is 0.000000267. The largest absolute Gasteiger partial charge is 0.512 e. The number of allylic oxidation sites excluding steroid dienone is 2. The fourth-order valence-corrected chi connectivity index (χ4v) is 6.26. The molecule has 1 radical (unpaired) electrons. The van der Waals surface area contributed by atoms with Crippen molar-refractivity contribution in [3.8, 4) is 11.3 Å². The van der Waals surface area contributed by atoms with Gasteiger partial charge in [-0.2, -0.15) is 0 Å². The first-order valence-corrected chi connectivity index (χ1v) is 16.0. The smallest absolute Gasteiger partial charge is 0.164 e. The maximum atomic E-state index is 11.5. The summed E-state index contributed by atoms with van der Waals surface area (Å²) in [7, 11) is 0. The molecule has 6 aromatic rings. The molecule has 1 N–H and O–H groups in total. The van der Waals surface area contributed by atoms with Gasteiger partial charge in [0.1, 0.15) is 5.76 Å². The maximum Gasteiger partial charge on any atom is 0.164 e. The van der Waals surface area contributed by atoms with Gasteiger partial charge in [-0.25, -0.2) is 0 Å². The zero-order valence-corrected chi connectivity index (χ0v) is 31.4. The summed E-state index contributed by atoms with van der Waals surface area (Å²) in [4.78, 5) is 21.7. The van der Waals surface area contributed by atoms with Crippen LogP contribution in [0.3, 0.4) is 0 Å². The van der Waals surface area contributed by atoms with Crippen LogP contribution in [0.1, 0.15) is 77.8 Å². The van der Waals surface area contributed by atoms with Gasteiger partial charge in [-0.05, 0) is 69.0 Å². The van der Waals surface area contributed by atoms with E-state index in [-0.39, 0.29) is 42.5 Å². The molecule has 47 heavy (non-hydrogen) atoms. The van der Waals surface area contributed by atoms with Crippen molar-refractivity contribution in [1.82, 2.24) is 9.97 Å². The number of fused-ring (bicyclic) bond motifs is 7. The van der Waals surface area contributed by atoms with Crippen LogP contribution in [0.25, 0.3) is 54.5 Å². The zero-order valence-electron chi connectivity index (χ0n) is 29.0. The first-order chi connectivity index (χ1) is 21.5. The monoisotopic (exact) mass is 800 g/mol. The molecule has 0 spiro atoms. The normalized spacial score (nSPS) is 14.0. The molecule has 4 nitrogen and oxygen atoms in total. The summed E-state index contributed by atoms with van der Waals surface area (Å²) in [5.74, 6) is 0.104. The topological polar surface area (TPSA) is 63.1 Å². The van der Waals surface area contributed by atoms with Crippen molar-refractivity contribution in [2.45, 2.75) is 74.7 Å². The number of ketones is 1. The van der Waals surface area contributed by atoms with E-state index < -0.39 is 5.41 Å². The van der Waals surface area contributed by atoms with Crippen LogP contribution in [0.2, 0.25) is 0 Å². The Hall–Kier alpha value is -3.92. The van der Waals surface area contributed by atoms with Gasteiger partial charge >= 0.3 is 0 Å². The van der Waals surface area contributed by atoms with E-state index in [1.807, 2.05) is 47.7 Å². The predicted molar refractivity (Wildman–Crippen MR) is 193 cm³/mol. The number of aromatic nitrogens is 2. The summed E-state index contributed by atoms with van der Waals surface area (Å²) in [6.07, 6.45) is 3.27. The number of carbonyl (C=O) groups excluding carboxylic acids is 1. The number of rotatable bonds is 1. The third-order valence-corrected chi connectivity index (χ3v) is 9.47. The van der Waals surface area contributed by atoms with E-state index in [2.05, 4.69) is 94.4 Å². The Kier molecular flexibility index (Phi) is 8.75. The molecule has 0 amide bonds. The summed E-state index contributed by atoms with van der Waals surface area (Å²) in [6.45, 7) is 20.0. The van der Waals surface area contributed by atoms with Crippen molar-refractivity contribution >= 4 is 49.0 Å². The molecule has 0 aliphatic heterocycles. The second-order valence-electron chi connectivity index (χ2n) is 15.3. The standard InChI is InChI=1S/C31H23N2.C11H20O2.Ir/c1-17-9-10-20-15-25-29-27-23(13-14-32-29)22-12-11-19-7-5-6-8-21(19)24(22)16-26(27)31(3,4)30(25)33-28(20)18(17)2;1-10(2,3)8(12)7-9(13)11(4,5)6;/h5-14,16H,1-4H3;7,12H,1-6H3;/q-1;;/b;8-7-;. The van der Waals surface area contributed by atoms with Gasteiger partial charge in [0.15, 0.2) is 5.78 Å². The van der Waals surface area contributed by atoms with Crippen molar-refractivity contribution in [3.63, 3.8) is 0 Å². The van der Waals surface area contributed by atoms with Crippen molar-refractivity contribution in [2.24, 2.45) is 10.8 Å². The predicted octanol–water partition coefficient (Wildman–Crippen LogP) is 10.9. The molecule has 2 aromatic heterocycles. The fraction of sp³-hybridized carbons (Fsp3) is 0.310. The number of hydrogen-bond donors (Lipinski definition) is 1. The van der Waals surface area contributed by atoms with E-state index in [4.69, 9.17) is 9.97 Å². The molecule has 2 heterocycles. The average Bonchev–Trinajstić information content (AvgIpc) is 3.00. The van der Waals surface area contributed by atoms with Gasteiger partial charge in [0.2, 0.25) is 0 Å². The van der Waals surface area contributed by atoms with Crippen LogP contribution in [0.4, 0.5) is 0 Å². The van der Waals surface area contributed by atoms with Crippen molar-refractivity contribution in [2.75, 3.05) is 0 Å². The molecule has 1 aliphatic carbocycles. The number of benzene rings is 4. The van der Waals surface area contributed by atoms with E-state index >= 15 is 0 Å². The third-order valence-electron chi connectivity index (χ3n) is 9.47. The second-order valence-corrected chi connectivity index (χ2v) is 15.3. The number of carbonyl (C=O) groups is 1. The molecular formula is C42H43IrN2O2-. The average molecular weight is 800 g/mol. The number of aliphatic hydroxyl groups is 1. The van der Waals surface area contributed by atoms with Gasteiger partial charge in [0.25, 0.3) is 0 Å². The SMILES string of the molecule is CC(C)(C)C(=O)/C=C(\O)C(C)(C)C.Cc1ccc2[c-]c3c(nc2c1C)C(C)(C)c1cc2c4ccccc4ccc2c2ccnc-3c12.[Ir]. The van der Waals surface area contributed by atoms with Crippen LogP contribution in [-0.2, 0) is 30.3 Å². The Labute approximate surface area is 291 Å². The van der Waals surface area contributed by atoms with E-state index in [0.717, 1.165) is 27.9 Å². The first kappa shape index (κ1) is 34.4. The van der Waals surface area contributed by atoms with Crippen LogP contribution in [0.15, 0.2) is 78.7 Å². The second kappa shape index (κ2) is 12.0. The summed E-state index contributed by atoms with van der Waals surface area (Å²) in [5.41, 5.74) is 6.89. The molecule has 4 aromatic carbocycles. The Bertz CT molecular complexity index is 2250. The maximum absolute atomic E-state index is 11.5. The van der Waals surface area contributed by atoms with Gasteiger partial charge in [-0.1, -0.05) is 126 Å².